The molecule has 0 saturated heterocycles. The lowest BCUT2D eigenvalue weighted by Crippen LogP contribution is -2.28. The summed E-state index contributed by atoms with van der Waals surface area (Å²) in [5.74, 6) is 1.55. The number of hydrogen-bond donors (Lipinski definition) is 0. The highest BCUT2D eigenvalue weighted by Gasteiger charge is 2.29. The fourth-order valence-corrected chi connectivity index (χ4v) is 2.42. The van der Waals surface area contributed by atoms with Crippen molar-refractivity contribution in [2.45, 2.75) is 26.4 Å². The molecular formula is C16H19BrO4. The van der Waals surface area contributed by atoms with Gasteiger partial charge in [0.2, 0.25) is 0 Å². The molecule has 21 heavy (non-hydrogen) atoms. The van der Waals surface area contributed by atoms with E-state index in [4.69, 9.17) is 14.2 Å². The number of rotatable bonds is 5. The van der Waals surface area contributed by atoms with Gasteiger partial charge in [-0.15, -0.1) is 0 Å². The third kappa shape index (κ3) is 3.23. The zero-order valence-corrected chi connectivity index (χ0v) is 14.2. The molecule has 4 nitrogen and oxygen atoms in total. The van der Waals surface area contributed by atoms with Crippen molar-refractivity contribution in [2.75, 3.05) is 19.0 Å². The third-order valence-corrected chi connectivity index (χ3v) is 3.49. The van der Waals surface area contributed by atoms with Gasteiger partial charge in [-0.2, -0.15) is 0 Å². The van der Waals surface area contributed by atoms with Crippen LogP contribution in [0.25, 0.3) is 6.08 Å². The maximum absolute atomic E-state index is 12.0. The second-order valence-corrected chi connectivity index (χ2v) is 6.12. The quantitative estimate of drug-likeness (QED) is 0.594. The lowest BCUT2D eigenvalue weighted by molar-refractivity contribution is 0.101. The van der Waals surface area contributed by atoms with Crippen molar-refractivity contribution < 1.29 is 19.0 Å². The molecular weight excluding hydrogens is 336 g/mol. The molecule has 2 rings (SSSR count). The molecule has 0 aliphatic carbocycles. The summed E-state index contributed by atoms with van der Waals surface area (Å²) < 4.78 is 17.1. The van der Waals surface area contributed by atoms with Crippen LogP contribution in [0.15, 0.2) is 12.1 Å². The van der Waals surface area contributed by atoms with Gasteiger partial charge in [-0.05, 0) is 32.9 Å². The highest BCUT2D eigenvalue weighted by atomic mass is 79.9. The number of hydrogen-bond acceptors (Lipinski definition) is 4. The number of benzene rings is 1. The summed E-state index contributed by atoms with van der Waals surface area (Å²) in [5, 5.41) is 0.673. The zero-order valence-electron chi connectivity index (χ0n) is 12.7. The minimum absolute atomic E-state index is 0.0996. The summed E-state index contributed by atoms with van der Waals surface area (Å²) in [6.07, 6.45) is 3.89. The standard InChI is InChI=1S/C16H19BrO4/c1-10(18)14-13(19-4)9-12-11(15(14)20-8-7-17)5-6-16(2,3)21-12/h5-6,9H,7-8H2,1-4H3. The van der Waals surface area contributed by atoms with Gasteiger partial charge in [0, 0.05) is 11.4 Å². The first-order valence-electron chi connectivity index (χ1n) is 6.72. The Labute approximate surface area is 133 Å². The van der Waals surface area contributed by atoms with Crippen molar-refractivity contribution in [2.24, 2.45) is 0 Å². The number of Topliss-reactive ketones (excluding diaryl/α,β-unsaturated/α-hetero) is 1. The van der Waals surface area contributed by atoms with Gasteiger partial charge >= 0.3 is 0 Å². The molecule has 0 amide bonds. The van der Waals surface area contributed by atoms with Crippen LogP contribution in [-0.4, -0.2) is 30.4 Å². The van der Waals surface area contributed by atoms with Crippen molar-refractivity contribution in [1.82, 2.24) is 0 Å². The van der Waals surface area contributed by atoms with Gasteiger partial charge in [-0.1, -0.05) is 15.9 Å². The fraction of sp³-hybridized carbons (Fsp3) is 0.438. The summed E-state index contributed by atoms with van der Waals surface area (Å²) in [6, 6.07) is 1.75. The van der Waals surface area contributed by atoms with Gasteiger partial charge in [-0.3, -0.25) is 4.79 Å². The zero-order chi connectivity index (χ0) is 15.6. The molecule has 0 unspecified atom stereocenters. The monoisotopic (exact) mass is 354 g/mol. The van der Waals surface area contributed by atoms with Crippen LogP contribution in [0.1, 0.15) is 36.7 Å². The van der Waals surface area contributed by atoms with E-state index < -0.39 is 5.60 Å². The van der Waals surface area contributed by atoms with E-state index in [-0.39, 0.29) is 5.78 Å². The number of methoxy groups -OCH3 is 1. The molecule has 0 atom stereocenters. The summed E-state index contributed by atoms with van der Waals surface area (Å²) in [6.45, 7) is 5.90. The van der Waals surface area contributed by atoms with Crippen molar-refractivity contribution in [3.05, 3.63) is 23.3 Å². The van der Waals surface area contributed by atoms with E-state index in [9.17, 15) is 4.79 Å². The molecule has 0 N–H and O–H groups in total. The normalized spacial score (nSPS) is 15.1. The minimum Gasteiger partial charge on any atom is -0.496 e. The average molecular weight is 355 g/mol. The number of carbonyl (C=O) groups is 1. The van der Waals surface area contributed by atoms with Crippen LogP contribution in [0.3, 0.4) is 0 Å². The molecule has 0 bridgehead atoms. The van der Waals surface area contributed by atoms with Crippen LogP contribution in [-0.2, 0) is 0 Å². The Morgan fingerprint density at radius 2 is 2.14 bits per heavy atom. The minimum atomic E-state index is -0.400. The molecule has 1 aromatic carbocycles. The Bertz CT molecular complexity index is 590. The molecule has 0 fully saturated rings. The van der Waals surface area contributed by atoms with Gasteiger partial charge in [0.1, 0.15) is 28.4 Å². The van der Waals surface area contributed by atoms with E-state index in [1.54, 1.807) is 6.07 Å². The first kappa shape index (κ1) is 15.9. The molecule has 1 aromatic rings. The van der Waals surface area contributed by atoms with Crippen LogP contribution in [0.2, 0.25) is 0 Å². The molecule has 0 radical (unpaired) electrons. The van der Waals surface area contributed by atoms with E-state index in [1.165, 1.54) is 14.0 Å². The van der Waals surface area contributed by atoms with Crippen LogP contribution in [0.5, 0.6) is 17.2 Å². The van der Waals surface area contributed by atoms with Crippen molar-refractivity contribution in [3.8, 4) is 17.2 Å². The summed E-state index contributed by atoms with van der Waals surface area (Å²) in [7, 11) is 1.53. The molecule has 114 valence electrons. The highest BCUT2D eigenvalue weighted by molar-refractivity contribution is 9.09. The average Bonchev–Trinajstić information content (AvgIpc) is 2.41. The van der Waals surface area contributed by atoms with Crippen molar-refractivity contribution >= 4 is 27.8 Å². The smallest absolute Gasteiger partial charge is 0.167 e. The third-order valence-electron chi connectivity index (χ3n) is 3.17. The number of alkyl halides is 1. The van der Waals surface area contributed by atoms with Gasteiger partial charge < -0.3 is 14.2 Å². The Morgan fingerprint density at radius 1 is 1.43 bits per heavy atom. The molecule has 1 heterocycles. The lowest BCUT2D eigenvalue weighted by Gasteiger charge is -2.30. The first-order chi connectivity index (χ1) is 9.89. The van der Waals surface area contributed by atoms with Crippen LogP contribution in [0.4, 0.5) is 0 Å². The highest BCUT2D eigenvalue weighted by Crippen LogP contribution is 2.44. The maximum Gasteiger partial charge on any atom is 0.167 e. The maximum atomic E-state index is 12.0. The predicted octanol–water partition coefficient (Wildman–Crippen LogP) is 3.86. The second-order valence-electron chi connectivity index (χ2n) is 5.33. The Morgan fingerprint density at radius 3 is 2.71 bits per heavy atom. The van der Waals surface area contributed by atoms with Crippen molar-refractivity contribution in [3.63, 3.8) is 0 Å². The summed E-state index contributed by atoms with van der Waals surface area (Å²) >= 11 is 3.33. The number of halogens is 1. The van der Waals surface area contributed by atoms with Crippen LogP contribution >= 0.6 is 15.9 Å². The number of fused-ring (bicyclic) bond motifs is 1. The SMILES string of the molecule is COc1cc2c(c(OCCBr)c1C(C)=O)C=CC(C)(C)O2. The largest absolute Gasteiger partial charge is 0.496 e. The Hall–Kier alpha value is -1.49. The lowest BCUT2D eigenvalue weighted by atomic mass is 9.97. The Kier molecular flexibility index (Phi) is 4.61. The van der Waals surface area contributed by atoms with Gasteiger partial charge in [0.05, 0.1) is 19.3 Å². The van der Waals surface area contributed by atoms with E-state index in [2.05, 4.69) is 15.9 Å². The molecule has 0 aromatic heterocycles. The topological polar surface area (TPSA) is 44.8 Å². The van der Waals surface area contributed by atoms with E-state index >= 15 is 0 Å². The molecule has 1 aliphatic rings. The predicted molar refractivity (Wildman–Crippen MR) is 86.0 cm³/mol. The van der Waals surface area contributed by atoms with Crippen LogP contribution < -0.4 is 14.2 Å². The van der Waals surface area contributed by atoms with E-state index in [1.807, 2.05) is 26.0 Å². The molecule has 0 spiro atoms. The van der Waals surface area contributed by atoms with E-state index in [0.717, 1.165) is 5.56 Å². The van der Waals surface area contributed by atoms with Gasteiger partial charge in [0.15, 0.2) is 5.78 Å². The molecule has 5 heteroatoms. The second kappa shape index (κ2) is 6.10. The molecule has 1 aliphatic heterocycles. The Balaban J connectivity index is 2.65. The summed E-state index contributed by atoms with van der Waals surface area (Å²) in [4.78, 5) is 12.0. The fourth-order valence-electron chi connectivity index (χ4n) is 2.26. The van der Waals surface area contributed by atoms with Crippen molar-refractivity contribution in [1.29, 1.82) is 0 Å². The number of ether oxygens (including phenoxy) is 3. The number of ketones is 1. The number of carbonyl (C=O) groups excluding carboxylic acids is 1. The molecule has 0 saturated carbocycles. The van der Waals surface area contributed by atoms with E-state index in [0.29, 0.717) is 34.7 Å². The van der Waals surface area contributed by atoms with Gasteiger partial charge in [0.25, 0.3) is 0 Å². The van der Waals surface area contributed by atoms with Crippen LogP contribution in [0, 0.1) is 0 Å². The first-order valence-corrected chi connectivity index (χ1v) is 7.84. The summed E-state index contributed by atoms with van der Waals surface area (Å²) in [5.41, 5.74) is 0.828. The van der Waals surface area contributed by atoms with Gasteiger partial charge in [-0.25, -0.2) is 0 Å².